The monoisotopic (exact) mass is 329 g/mol. The Morgan fingerprint density at radius 3 is 2.04 bits per heavy atom. The van der Waals surface area contributed by atoms with Gasteiger partial charge in [0.25, 0.3) is 0 Å². The third-order valence-corrected chi connectivity index (χ3v) is 2.26. The summed E-state index contributed by atoms with van der Waals surface area (Å²) in [7, 11) is 3.13. The van der Waals surface area contributed by atoms with Gasteiger partial charge < -0.3 is 20.1 Å². The lowest BCUT2D eigenvalue weighted by molar-refractivity contribution is -0.356. The maximum atomic E-state index is 10.2. The molecule has 0 aliphatic rings. The molecular formula is C15H23NO7. The van der Waals surface area contributed by atoms with Gasteiger partial charge in [0.05, 0.1) is 33.5 Å². The Balaban J connectivity index is 0.000000438. The fraction of sp³-hybridized carbons (Fsp3) is 0.400. The smallest absolute Gasteiger partial charge is 0.328 e. The second-order valence-corrected chi connectivity index (χ2v) is 4.00. The number of carboxylic acids is 1. The number of hydroxylamine groups is 2. The molecule has 0 amide bonds. The lowest BCUT2D eigenvalue weighted by Gasteiger charge is -2.13. The van der Waals surface area contributed by atoms with Crippen LogP contribution in [0.4, 0.5) is 0 Å². The maximum Gasteiger partial charge on any atom is 0.328 e. The molecule has 130 valence electrons. The Kier molecular flexibility index (Phi) is 12.5. The van der Waals surface area contributed by atoms with E-state index in [2.05, 4.69) is 0 Å². The van der Waals surface area contributed by atoms with Gasteiger partial charge in [-0.2, -0.15) is 0 Å². The zero-order valence-corrected chi connectivity index (χ0v) is 13.2. The summed E-state index contributed by atoms with van der Waals surface area (Å²) in [6.07, 6.45) is 2.63. The summed E-state index contributed by atoms with van der Waals surface area (Å²) in [5, 5.41) is 26.0. The second-order valence-electron chi connectivity index (χ2n) is 4.00. The topological polar surface area (TPSA) is 109 Å². The predicted octanol–water partition coefficient (Wildman–Crippen LogP) is 0.559. The van der Waals surface area contributed by atoms with Gasteiger partial charge in [0, 0.05) is 13.1 Å². The van der Waals surface area contributed by atoms with Crippen LogP contribution in [0.15, 0.2) is 30.3 Å². The highest BCUT2D eigenvalue weighted by Gasteiger charge is 1.95. The van der Waals surface area contributed by atoms with Crippen LogP contribution in [-0.2, 0) is 14.5 Å². The summed E-state index contributed by atoms with van der Waals surface area (Å²) >= 11 is 0. The lowest BCUT2D eigenvalue weighted by Crippen LogP contribution is -2.22. The van der Waals surface area contributed by atoms with Crippen molar-refractivity contribution in [1.29, 1.82) is 0 Å². The van der Waals surface area contributed by atoms with Crippen LogP contribution in [0.1, 0.15) is 5.56 Å². The number of aliphatic hydroxyl groups excluding tert-OH is 2. The number of benzene rings is 1. The zero-order valence-electron chi connectivity index (χ0n) is 13.2. The van der Waals surface area contributed by atoms with Crippen molar-refractivity contribution < 1.29 is 34.5 Å². The van der Waals surface area contributed by atoms with E-state index in [1.54, 1.807) is 38.4 Å². The van der Waals surface area contributed by atoms with Crippen LogP contribution in [0.3, 0.4) is 0 Å². The number of carboxylic acid groups (broad SMARTS) is 1. The number of nitrogens with zero attached hydrogens (tertiary/aromatic N) is 1. The molecule has 0 saturated carbocycles. The third-order valence-electron chi connectivity index (χ3n) is 2.26. The molecule has 23 heavy (non-hydrogen) atoms. The predicted molar refractivity (Wildman–Crippen MR) is 83.5 cm³/mol. The standard InChI is InChI=1S/C10H10O3.C5H13NO4/c1-13-9-5-2-8(3-6-9)4-7-10(11)12;1-6(9-4-2-7)10-5-3-8/h2-7H,1H3,(H,11,12);7-8H,2-5H2,1H3. The van der Waals surface area contributed by atoms with Crippen molar-refractivity contribution >= 4 is 12.0 Å². The molecule has 0 saturated heterocycles. The zero-order chi connectivity index (χ0) is 17.5. The molecular weight excluding hydrogens is 306 g/mol. The van der Waals surface area contributed by atoms with Crippen LogP contribution < -0.4 is 4.74 Å². The lowest BCUT2D eigenvalue weighted by atomic mass is 10.2. The third kappa shape index (κ3) is 12.3. The Bertz CT molecular complexity index is 440. The summed E-state index contributed by atoms with van der Waals surface area (Å²) in [5.41, 5.74) is 0.836. The molecule has 0 radical (unpaired) electrons. The van der Waals surface area contributed by atoms with Crippen LogP contribution in [0, 0.1) is 0 Å². The van der Waals surface area contributed by atoms with E-state index in [0.717, 1.165) is 22.6 Å². The van der Waals surface area contributed by atoms with Gasteiger partial charge in [0.1, 0.15) is 5.75 Å². The number of hydrogen-bond acceptors (Lipinski definition) is 7. The average molecular weight is 329 g/mol. The Labute approximate surface area is 135 Å². The van der Waals surface area contributed by atoms with Crippen molar-refractivity contribution in [3.8, 4) is 5.75 Å². The highest BCUT2D eigenvalue weighted by molar-refractivity contribution is 5.85. The molecule has 0 aliphatic carbocycles. The molecule has 0 aliphatic heterocycles. The molecule has 0 spiro atoms. The van der Waals surface area contributed by atoms with Crippen LogP contribution >= 0.6 is 0 Å². The van der Waals surface area contributed by atoms with Crippen LogP contribution in [0.5, 0.6) is 5.75 Å². The molecule has 0 heterocycles. The van der Waals surface area contributed by atoms with Crippen molar-refractivity contribution in [1.82, 2.24) is 5.23 Å². The molecule has 0 aromatic heterocycles. The van der Waals surface area contributed by atoms with Gasteiger partial charge in [0.15, 0.2) is 0 Å². The minimum absolute atomic E-state index is 0.0488. The number of aliphatic carboxylic acids is 1. The van der Waals surface area contributed by atoms with E-state index >= 15 is 0 Å². The van der Waals surface area contributed by atoms with E-state index in [-0.39, 0.29) is 26.4 Å². The fourth-order valence-corrected chi connectivity index (χ4v) is 1.26. The van der Waals surface area contributed by atoms with E-state index in [1.807, 2.05) is 0 Å². The van der Waals surface area contributed by atoms with Crippen LogP contribution in [0.25, 0.3) is 6.08 Å². The average Bonchev–Trinajstić information content (AvgIpc) is 2.57. The molecule has 0 fully saturated rings. The number of aliphatic hydroxyl groups is 2. The van der Waals surface area contributed by atoms with Gasteiger partial charge in [-0.15, -0.1) is 0 Å². The van der Waals surface area contributed by atoms with Crippen molar-refractivity contribution in [3.63, 3.8) is 0 Å². The van der Waals surface area contributed by atoms with Gasteiger partial charge in [-0.25, -0.2) is 4.79 Å². The van der Waals surface area contributed by atoms with Crippen molar-refractivity contribution in [2.45, 2.75) is 0 Å². The van der Waals surface area contributed by atoms with E-state index < -0.39 is 5.97 Å². The molecule has 1 aromatic rings. The van der Waals surface area contributed by atoms with E-state index in [9.17, 15) is 4.79 Å². The number of ether oxygens (including phenoxy) is 1. The summed E-state index contributed by atoms with van der Waals surface area (Å²) in [4.78, 5) is 19.7. The van der Waals surface area contributed by atoms with Gasteiger partial charge in [-0.05, 0) is 23.8 Å². The first-order chi connectivity index (χ1) is 11.0. The summed E-state index contributed by atoms with van der Waals surface area (Å²) < 4.78 is 4.95. The summed E-state index contributed by atoms with van der Waals surface area (Å²) in [6.45, 7) is 0.295. The molecule has 8 heteroatoms. The van der Waals surface area contributed by atoms with Crippen LogP contribution in [-0.4, -0.2) is 67.1 Å². The second kappa shape index (κ2) is 13.7. The van der Waals surface area contributed by atoms with Crippen LogP contribution in [0.2, 0.25) is 0 Å². The molecule has 3 N–H and O–H groups in total. The van der Waals surface area contributed by atoms with Crippen molar-refractivity contribution in [2.24, 2.45) is 0 Å². The van der Waals surface area contributed by atoms with E-state index in [4.69, 9.17) is 29.7 Å². The normalized spacial score (nSPS) is 10.5. The fourth-order valence-electron chi connectivity index (χ4n) is 1.26. The quantitative estimate of drug-likeness (QED) is 0.445. The Hall–Kier alpha value is -1.97. The Morgan fingerprint density at radius 2 is 1.65 bits per heavy atom. The summed E-state index contributed by atoms with van der Waals surface area (Å²) in [6, 6.07) is 7.14. The van der Waals surface area contributed by atoms with E-state index in [0.29, 0.717) is 0 Å². The van der Waals surface area contributed by atoms with Crippen molar-refractivity contribution in [3.05, 3.63) is 35.9 Å². The largest absolute Gasteiger partial charge is 0.497 e. The number of hydrogen-bond donors (Lipinski definition) is 3. The highest BCUT2D eigenvalue weighted by atomic mass is 16.9. The Morgan fingerprint density at radius 1 is 1.13 bits per heavy atom. The summed E-state index contributed by atoms with van der Waals surface area (Å²) in [5.74, 6) is -0.191. The minimum Gasteiger partial charge on any atom is -0.497 e. The number of methoxy groups -OCH3 is 1. The first-order valence-corrected chi connectivity index (χ1v) is 6.79. The van der Waals surface area contributed by atoms with Gasteiger partial charge >= 0.3 is 5.97 Å². The number of rotatable bonds is 9. The number of carbonyl (C=O) groups is 1. The molecule has 1 rings (SSSR count). The maximum absolute atomic E-state index is 10.2. The van der Waals surface area contributed by atoms with E-state index in [1.165, 1.54) is 6.08 Å². The SMILES string of the molecule is CN(OCCO)OCCO.COc1ccc(C=CC(=O)O)cc1. The molecule has 8 nitrogen and oxygen atoms in total. The molecule has 0 unspecified atom stereocenters. The first kappa shape index (κ1) is 21.0. The molecule has 0 atom stereocenters. The first-order valence-electron chi connectivity index (χ1n) is 6.79. The van der Waals surface area contributed by atoms with Gasteiger partial charge in [0.2, 0.25) is 0 Å². The van der Waals surface area contributed by atoms with Gasteiger partial charge in [-0.3, -0.25) is 9.68 Å². The molecule has 1 aromatic carbocycles. The van der Waals surface area contributed by atoms with Crippen molar-refractivity contribution in [2.75, 3.05) is 40.6 Å². The van der Waals surface area contributed by atoms with Gasteiger partial charge in [-0.1, -0.05) is 17.4 Å². The highest BCUT2D eigenvalue weighted by Crippen LogP contribution is 2.11. The minimum atomic E-state index is -0.948. The molecule has 0 bridgehead atoms.